The molecule has 0 spiro atoms. The fourth-order valence-electron chi connectivity index (χ4n) is 2.20. The van der Waals surface area contributed by atoms with E-state index < -0.39 is 0 Å². The molecule has 0 aliphatic rings. The van der Waals surface area contributed by atoms with Crippen LogP contribution < -0.4 is 10.6 Å². The smallest absolute Gasteiger partial charge is 0.191 e. The maximum atomic E-state index is 4.45. The third kappa shape index (κ3) is 4.31. The number of nitrogens with one attached hydrogen (secondary N) is 2. The number of hydrogen-bond acceptors (Lipinski definition) is 4. The first kappa shape index (κ1) is 16.0. The van der Waals surface area contributed by atoms with Crippen molar-refractivity contribution < 1.29 is 0 Å². The first-order valence-corrected chi connectivity index (χ1v) is 7.38. The molecule has 0 unspecified atom stereocenters. The van der Waals surface area contributed by atoms with E-state index in [1.54, 1.807) is 18.1 Å². The third-order valence-electron chi connectivity index (χ3n) is 3.39. The van der Waals surface area contributed by atoms with Gasteiger partial charge in [-0.05, 0) is 26.3 Å². The highest BCUT2D eigenvalue weighted by molar-refractivity contribution is 5.79. The van der Waals surface area contributed by atoms with Gasteiger partial charge < -0.3 is 10.6 Å². The van der Waals surface area contributed by atoms with Crippen LogP contribution in [0.5, 0.6) is 0 Å². The lowest BCUT2D eigenvalue weighted by Gasteiger charge is -2.11. The minimum atomic E-state index is 0.591. The van der Waals surface area contributed by atoms with Crippen molar-refractivity contribution in [1.82, 2.24) is 35.2 Å². The zero-order valence-electron chi connectivity index (χ0n) is 13.7. The molecule has 0 bridgehead atoms. The Hall–Kier alpha value is -2.38. The summed E-state index contributed by atoms with van der Waals surface area (Å²) in [6, 6.07) is 2.09. The Morgan fingerprint density at radius 1 is 1.32 bits per heavy atom. The van der Waals surface area contributed by atoms with E-state index in [2.05, 4.69) is 43.8 Å². The number of aromatic nitrogens is 5. The summed E-state index contributed by atoms with van der Waals surface area (Å²) in [7, 11) is 3.63. The summed E-state index contributed by atoms with van der Waals surface area (Å²) in [5, 5.41) is 15.0. The molecule has 0 amide bonds. The maximum absolute atomic E-state index is 4.45. The first-order chi connectivity index (χ1) is 10.6. The van der Waals surface area contributed by atoms with E-state index in [1.807, 2.05) is 18.7 Å². The number of nitrogens with zero attached hydrogens (tertiary/aromatic N) is 6. The Kier molecular flexibility index (Phi) is 5.51. The molecule has 2 N–H and O–H groups in total. The van der Waals surface area contributed by atoms with Crippen molar-refractivity contribution in [3.05, 3.63) is 29.6 Å². The van der Waals surface area contributed by atoms with Crippen LogP contribution in [-0.2, 0) is 20.1 Å². The first-order valence-electron chi connectivity index (χ1n) is 7.38. The van der Waals surface area contributed by atoms with Crippen LogP contribution in [0.15, 0.2) is 17.4 Å². The van der Waals surface area contributed by atoms with Crippen molar-refractivity contribution in [2.24, 2.45) is 12.0 Å². The molecule has 8 nitrogen and oxygen atoms in total. The zero-order chi connectivity index (χ0) is 15.9. The van der Waals surface area contributed by atoms with Crippen molar-refractivity contribution in [3.63, 3.8) is 0 Å². The standard InChI is InChI=1S/C14H24N8/c1-11-8-12(2)22(20-11)7-5-6-16-14(15-3)17-9-13-18-10-19-21(13)4/h8,10H,5-7,9H2,1-4H3,(H2,15,16,17). The Bertz CT molecular complexity index is 625. The van der Waals surface area contributed by atoms with Crippen LogP contribution in [0.2, 0.25) is 0 Å². The van der Waals surface area contributed by atoms with Crippen molar-refractivity contribution in [3.8, 4) is 0 Å². The number of aliphatic imine (C=N–C) groups is 1. The van der Waals surface area contributed by atoms with E-state index in [1.165, 1.54) is 5.69 Å². The predicted octanol–water partition coefficient (Wildman–Crippen LogP) is 0.384. The van der Waals surface area contributed by atoms with Gasteiger partial charge in [-0.25, -0.2) is 4.98 Å². The van der Waals surface area contributed by atoms with Crippen LogP contribution in [0.25, 0.3) is 0 Å². The van der Waals surface area contributed by atoms with Gasteiger partial charge in [0.2, 0.25) is 0 Å². The fraction of sp³-hybridized carbons (Fsp3) is 0.571. The molecule has 0 aliphatic heterocycles. The van der Waals surface area contributed by atoms with Crippen LogP contribution in [0.4, 0.5) is 0 Å². The van der Waals surface area contributed by atoms with Gasteiger partial charge in [-0.2, -0.15) is 10.2 Å². The molecule has 0 atom stereocenters. The van der Waals surface area contributed by atoms with Crippen molar-refractivity contribution in [1.29, 1.82) is 0 Å². The molecular formula is C14H24N8. The summed E-state index contributed by atoms with van der Waals surface area (Å²) < 4.78 is 3.77. The van der Waals surface area contributed by atoms with E-state index in [0.717, 1.165) is 37.0 Å². The van der Waals surface area contributed by atoms with Gasteiger partial charge in [0.25, 0.3) is 0 Å². The largest absolute Gasteiger partial charge is 0.356 e. The SMILES string of the molecule is CN=C(NCCCn1nc(C)cc1C)NCc1ncnn1C. The Morgan fingerprint density at radius 3 is 2.73 bits per heavy atom. The quantitative estimate of drug-likeness (QED) is 0.458. The fourth-order valence-corrected chi connectivity index (χ4v) is 2.20. The van der Waals surface area contributed by atoms with Gasteiger partial charge >= 0.3 is 0 Å². The molecule has 0 fully saturated rings. The summed E-state index contributed by atoms with van der Waals surface area (Å²) >= 11 is 0. The summed E-state index contributed by atoms with van der Waals surface area (Å²) in [5.41, 5.74) is 2.26. The van der Waals surface area contributed by atoms with Gasteiger partial charge in [-0.15, -0.1) is 0 Å². The Morgan fingerprint density at radius 2 is 2.14 bits per heavy atom. The van der Waals surface area contributed by atoms with Crippen LogP contribution in [0, 0.1) is 13.8 Å². The van der Waals surface area contributed by atoms with Gasteiger partial charge in [0.1, 0.15) is 12.2 Å². The molecule has 22 heavy (non-hydrogen) atoms. The van der Waals surface area contributed by atoms with Gasteiger partial charge in [0.15, 0.2) is 5.96 Å². The van der Waals surface area contributed by atoms with E-state index in [9.17, 15) is 0 Å². The molecule has 0 aliphatic carbocycles. The molecule has 0 saturated carbocycles. The number of aryl methyl sites for hydroxylation is 4. The zero-order valence-corrected chi connectivity index (χ0v) is 13.7. The predicted molar refractivity (Wildman–Crippen MR) is 85.5 cm³/mol. The third-order valence-corrected chi connectivity index (χ3v) is 3.39. The molecule has 120 valence electrons. The second kappa shape index (κ2) is 7.58. The second-order valence-corrected chi connectivity index (χ2v) is 5.16. The summed E-state index contributed by atoms with van der Waals surface area (Å²) in [6.45, 7) is 6.41. The highest BCUT2D eigenvalue weighted by Gasteiger charge is 2.03. The van der Waals surface area contributed by atoms with Crippen molar-refractivity contribution in [2.75, 3.05) is 13.6 Å². The highest BCUT2D eigenvalue weighted by Crippen LogP contribution is 2.02. The summed E-state index contributed by atoms with van der Waals surface area (Å²) in [6.07, 6.45) is 2.52. The second-order valence-electron chi connectivity index (χ2n) is 5.16. The summed E-state index contributed by atoms with van der Waals surface area (Å²) in [5.74, 6) is 1.63. The Balaban J connectivity index is 1.70. The van der Waals surface area contributed by atoms with Crippen LogP contribution in [0.3, 0.4) is 0 Å². The molecule has 2 heterocycles. The molecule has 0 radical (unpaired) electrons. The van der Waals surface area contributed by atoms with Crippen molar-refractivity contribution in [2.45, 2.75) is 33.4 Å². The molecule has 0 aromatic carbocycles. The topological polar surface area (TPSA) is 84.9 Å². The van der Waals surface area contributed by atoms with Crippen LogP contribution >= 0.6 is 0 Å². The minimum Gasteiger partial charge on any atom is -0.356 e. The average molecular weight is 304 g/mol. The van der Waals surface area contributed by atoms with Crippen LogP contribution in [-0.4, -0.2) is 44.1 Å². The van der Waals surface area contributed by atoms with Gasteiger partial charge in [0.05, 0.1) is 12.2 Å². The minimum absolute atomic E-state index is 0.591. The molecular weight excluding hydrogens is 280 g/mol. The van der Waals surface area contributed by atoms with E-state index in [-0.39, 0.29) is 0 Å². The highest BCUT2D eigenvalue weighted by atomic mass is 15.3. The lowest BCUT2D eigenvalue weighted by atomic mass is 10.4. The van der Waals surface area contributed by atoms with Gasteiger partial charge in [-0.3, -0.25) is 14.4 Å². The van der Waals surface area contributed by atoms with Gasteiger partial charge in [0, 0.05) is 32.9 Å². The molecule has 2 aromatic heterocycles. The number of guanidine groups is 1. The lowest BCUT2D eigenvalue weighted by molar-refractivity contribution is 0.554. The monoisotopic (exact) mass is 304 g/mol. The normalized spacial score (nSPS) is 11.7. The molecule has 2 rings (SSSR count). The number of hydrogen-bond donors (Lipinski definition) is 2. The van der Waals surface area contributed by atoms with Gasteiger partial charge in [-0.1, -0.05) is 0 Å². The van der Waals surface area contributed by atoms with E-state index in [4.69, 9.17) is 0 Å². The van der Waals surface area contributed by atoms with Crippen molar-refractivity contribution >= 4 is 5.96 Å². The maximum Gasteiger partial charge on any atom is 0.191 e. The Labute approximate surface area is 130 Å². The van der Waals surface area contributed by atoms with E-state index >= 15 is 0 Å². The molecule has 0 saturated heterocycles. The van der Waals surface area contributed by atoms with Crippen LogP contribution in [0.1, 0.15) is 23.6 Å². The average Bonchev–Trinajstić information content (AvgIpc) is 3.03. The number of rotatable bonds is 6. The molecule has 8 heteroatoms. The molecule has 2 aromatic rings. The van der Waals surface area contributed by atoms with E-state index in [0.29, 0.717) is 6.54 Å². The lowest BCUT2D eigenvalue weighted by Crippen LogP contribution is -2.38. The summed E-state index contributed by atoms with van der Waals surface area (Å²) in [4.78, 5) is 8.36.